The van der Waals surface area contributed by atoms with Crippen molar-refractivity contribution in [2.45, 2.75) is 27.4 Å². The molecule has 1 rings (SSSR count). The van der Waals surface area contributed by atoms with Crippen molar-refractivity contribution in [3.8, 4) is 5.75 Å². The summed E-state index contributed by atoms with van der Waals surface area (Å²) in [5.41, 5.74) is 0.676. The lowest BCUT2D eigenvalue weighted by molar-refractivity contribution is -0.0493. The summed E-state index contributed by atoms with van der Waals surface area (Å²) >= 11 is 0. The predicted molar refractivity (Wildman–Crippen MR) is 61.0 cm³/mol. The molecule has 0 bridgehead atoms. The Labute approximate surface area is 94.6 Å². The highest BCUT2D eigenvalue weighted by molar-refractivity contribution is 5.56. The van der Waals surface area contributed by atoms with Gasteiger partial charge in [-0.1, -0.05) is 32.9 Å². The second kappa shape index (κ2) is 5.14. The molecule has 0 aromatic heterocycles. The molecule has 0 aliphatic rings. The molecule has 4 heteroatoms. The van der Waals surface area contributed by atoms with Crippen LogP contribution < -0.4 is 10.1 Å². The Kier molecular flexibility index (Phi) is 4.10. The zero-order chi connectivity index (χ0) is 12.2. The zero-order valence-electron chi connectivity index (χ0n) is 9.76. The third-order valence-corrected chi connectivity index (χ3v) is 1.91. The van der Waals surface area contributed by atoms with Crippen LogP contribution in [0.25, 0.3) is 0 Å². The SMILES string of the molecule is CC(C)(C)CNc1ccccc1OC(F)F. The van der Waals surface area contributed by atoms with E-state index in [1.807, 2.05) is 0 Å². The van der Waals surface area contributed by atoms with E-state index in [0.717, 1.165) is 0 Å². The predicted octanol–water partition coefficient (Wildman–Crippen LogP) is 3.75. The molecule has 2 nitrogen and oxygen atoms in total. The van der Waals surface area contributed by atoms with Crippen LogP contribution in [0.15, 0.2) is 24.3 Å². The summed E-state index contributed by atoms with van der Waals surface area (Å²) in [5, 5.41) is 3.10. The van der Waals surface area contributed by atoms with Crippen LogP contribution in [0, 0.1) is 5.41 Å². The number of rotatable bonds is 4. The van der Waals surface area contributed by atoms with Gasteiger partial charge in [0.25, 0.3) is 0 Å². The third kappa shape index (κ3) is 4.47. The summed E-state index contributed by atoms with van der Waals surface area (Å²) in [6, 6.07) is 6.70. The topological polar surface area (TPSA) is 21.3 Å². The van der Waals surface area contributed by atoms with E-state index in [-0.39, 0.29) is 11.2 Å². The van der Waals surface area contributed by atoms with Gasteiger partial charge in [0.05, 0.1) is 5.69 Å². The monoisotopic (exact) mass is 229 g/mol. The van der Waals surface area contributed by atoms with Gasteiger partial charge in [-0.25, -0.2) is 0 Å². The van der Waals surface area contributed by atoms with E-state index in [1.54, 1.807) is 18.2 Å². The molecule has 0 atom stereocenters. The van der Waals surface area contributed by atoms with E-state index in [4.69, 9.17) is 0 Å². The number of nitrogens with one attached hydrogen (secondary N) is 1. The van der Waals surface area contributed by atoms with Crippen LogP contribution in [0.5, 0.6) is 5.75 Å². The summed E-state index contributed by atoms with van der Waals surface area (Å²) in [6.45, 7) is 4.10. The number of halogens is 2. The number of hydrogen-bond acceptors (Lipinski definition) is 2. The second-order valence-corrected chi connectivity index (χ2v) is 4.79. The van der Waals surface area contributed by atoms with Gasteiger partial charge in [-0.3, -0.25) is 0 Å². The van der Waals surface area contributed by atoms with Crippen molar-refractivity contribution in [3.05, 3.63) is 24.3 Å². The molecule has 0 aliphatic carbocycles. The summed E-state index contributed by atoms with van der Waals surface area (Å²) in [7, 11) is 0. The van der Waals surface area contributed by atoms with Crippen LogP contribution in [-0.4, -0.2) is 13.2 Å². The van der Waals surface area contributed by atoms with Crippen molar-refractivity contribution >= 4 is 5.69 Å². The highest BCUT2D eigenvalue weighted by atomic mass is 19.3. The van der Waals surface area contributed by atoms with Crippen molar-refractivity contribution in [1.82, 2.24) is 0 Å². The molecule has 0 radical (unpaired) electrons. The first-order chi connectivity index (χ1) is 7.38. The highest BCUT2D eigenvalue weighted by Gasteiger charge is 2.12. The van der Waals surface area contributed by atoms with Crippen LogP contribution >= 0.6 is 0 Å². The zero-order valence-corrected chi connectivity index (χ0v) is 9.76. The minimum Gasteiger partial charge on any atom is -0.433 e. The van der Waals surface area contributed by atoms with E-state index >= 15 is 0 Å². The van der Waals surface area contributed by atoms with E-state index in [2.05, 4.69) is 30.8 Å². The lowest BCUT2D eigenvalue weighted by Gasteiger charge is -2.21. The van der Waals surface area contributed by atoms with E-state index in [9.17, 15) is 8.78 Å². The molecular weight excluding hydrogens is 212 g/mol. The summed E-state index contributed by atoms with van der Waals surface area (Å²) in [4.78, 5) is 0. The first-order valence-electron chi connectivity index (χ1n) is 5.16. The molecule has 16 heavy (non-hydrogen) atoms. The maximum Gasteiger partial charge on any atom is 0.387 e. The van der Waals surface area contributed by atoms with Gasteiger partial charge >= 0.3 is 6.61 Å². The Bertz CT molecular complexity index is 334. The largest absolute Gasteiger partial charge is 0.433 e. The van der Waals surface area contributed by atoms with Gasteiger partial charge in [-0.05, 0) is 17.5 Å². The van der Waals surface area contributed by atoms with E-state index in [1.165, 1.54) is 6.07 Å². The van der Waals surface area contributed by atoms with Crippen LogP contribution in [0.2, 0.25) is 0 Å². The minimum absolute atomic E-state index is 0.0813. The summed E-state index contributed by atoms with van der Waals surface area (Å²) < 4.78 is 28.7. The lowest BCUT2D eigenvalue weighted by atomic mass is 9.97. The van der Waals surface area contributed by atoms with Crippen LogP contribution in [0.1, 0.15) is 20.8 Å². The molecule has 90 valence electrons. The van der Waals surface area contributed by atoms with Crippen LogP contribution in [0.3, 0.4) is 0 Å². The number of alkyl halides is 2. The Morgan fingerprint density at radius 1 is 1.25 bits per heavy atom. The second-order valence-electron chi connectivity index (χ2n) is 4.79. The maximum atomic E-state index is 12.1. The molecule has 0 amide bonds. The molecule has 0 aliphatic heterocycles. The molecule has 1 N–H and O–H groups in total. The first kappa shape index (κ1) is 12.7. The molecule has 1 aromatic rings. The normalized spacial score (nSPS) is 11.6. The minimum atomic E-state index is -2.79. The van der Waals surface area contributed by atoms with Crippen LogP contribution in [0.4, 0.5) is 14.5 Å². The van der Waals surface area contributed by atoms with Crippen molar-refractivity contribution in [1.29, 1.82) is 0 Å². The first-order valence-corrected chi connectivity index (χ1v) is 5.16. The molecule has 1 aromatic carbocycles. The van der Waals surface area contributed by atoms with E-state index in [0.29, 0.717) is 12.2 Å². The van der Waals surface area contributed by atoms with Crippen molar-refractivity contribution < 1.29 is 13.5 Å². The maximum absolute atomic E-state index is 12.1. The molecule has 0 unspecified atom stereocenters. The average Bonchev–Trinajstić information content (AvgIpc) is 2.14. The number of ether oxygens (including phenoxy) is 1. The summed E-state index contributed by atoms with van der Waals surface area (Å²) in [5.74, 6) is 0.182. The molecular formula is C12H17F2NO. The Morgan fingerprint density at radius 2 is 1.88 bits per heavy atom. The van der Waals surface area contributed by atoms with Gasteiger partial charge in [0, 0.05) is 6.54 Å². The Morgan fingerprint density at radius 3 is 2.44 bits per heavy atom. The number of hydrogen-bond donors (Lipinski definition) is 1. The number of benzene rings is 1. The number of para-hydroxylation sites is 2. The molecule has 0 fully saturated rings. The Balaban J connectivity index is 2.71. The Hall–Kier alpha value is -1.32. The average molecular weight is 229 g/mol. The lowest BCUT2D eigenvalue weighted by Crippen LogP contribution is -2.19. The smallest absolute Gasteiger partial charge is 0.387 e. The highest BCUT2D eigenvalue weighted by Crippen LogP contribution is 2.26. The van der Waals surface area contributed by atoms with Crippen molar-refractivity contribution in [3.63, 3.8) is 0 Å². The van der Waals surface area contributed by atoms with Gasteiger partial charge in [-0.15, -0.1) is 0 Å². The fraction of sp³-hybridized carbons (Fsp3) is 0.500. The van der Waals surface area contributed by atoms with Gasteiger partial charge < -0.3 is 10.1 Å². The molecule has 0 saturated carbocycles. The van der Waals surface area contributed by atoms with E-state index < -0.39 is 6.61 Å². The van der Waals surface area contributed by atoms with Gasteiger partial charge in [0.1, 0.15) is 5.75 Å². The van der Waals surface area contributed by atoms with Gasteiger partial charge in [0.15, 0.2) is 0 Å². The fourth-order valence-corrected chi connectivity index (χ4v) is 1.17. The van der Waals surface area contributed by atoms with Crippen molar-refractivity contribution in [2.24, 2.45) is 5.41 Å². The van der Waals surface area contributed by atoms with Crippen molar-refractivity contribution in [2.75, 3.05) is 11.9 Å². The number of anilines is 1. The van der Waals surface area contributed by atoms with Crippen LogP contribution in [-0.2, 0) is 0 Å². The molecule has 0 saturated heterocycles. The molecule has 0 heterocycles. The van der Waals surface area contributed by atoms with Gasteiger partial charge in [0.2, 0.25) is 0 Å². The fourth-order valence-electron chi connectivity index (χ4n) is 1.17. The molecule has 0 spiro atoms. The summed E-state index contributed by atoms with van der Waals surface area (Å²) in [6.07, 6.45) is 0. The van der Waals surface area contributed by atoms with Gasteiger partial charge in [-0.2, -0.15) is 8.78 Å². The standard InChI is InChI=1S/C12H17F2NO/c1-12(2,3)8-15-9-6-4-5-7-10(9)16-11(13)14/h4-7,11,15H,8H2,1-3H3. The quantitative estimate of drug-likeness (QED) is 0.849. The third-order valence-electron chi connectivity index (χ3n) is 1.91.